The van der Waals surface area contributed by atoms with E-state index in [1.807, 2.05) is 42.5 Å². The number of carbonyl (C=O) groups excluding carboxylic acids is 1. The zero-order valence-electron chi connectivity index (χ0n) is 14.8. The van der Waals surface area contributed by atoms with E-state index in [0.29, 0.717) is 0 Å². The SMILES string of the molecule is COC(=O)c1cc(S(=O)(=O)N(C)Cc2cccc3ccccc23)ccc1Cl. The van der Waals surface area contributed by atoms with Crippen LogP contribution in [0.3, 0.4) is 0 Å². The van der Waals surface area contributed by atoms with Crippen LogP contribution in [0.15, 0.2) is 65.6 Å². The van der Waals surface area contributed by atoms with Gasteiger partial charge in [-0.25, -0.2) is 13.2 Å². The number of benzene rings is 3. The maximum absolute atomic E-state index is 13.0. The smallest absolute Gasteiger partial charge is 0.339 e. The van der Waals surface area contributed by atoms with Gasteiger partial charge in [0.15, 0.2) is 0 Å². The first-order valence-corrected chi connectivity index (χ1v) is 9.97. The molecule has 27 heavy (non-hydrogen) atoms. The molecule has 3 aromatic carbocycles. The maximum Gasteiger partial charge on any atom is 0.339 e. The van der Waals surface area contributed by atoms with E-state index in [1.165, 1.54) is 36.7 Å². The van der Waals surface area contributed by atoms with E-state index < -0.39 is 16.0 Å². The van der Waals surface area contributed by atoms with Crippen molar-refractivity contribution in [3.8, 4) is 0 Å². The minimum Gasteiger partial charge on any atom is -0.465 e. The second-order valence-electron chi connectivity index (χ2n) is 6.03. The van der Waals surface area contributed by atoms with Crippen LogP contribution in [0.1, 0.15) is 15.9 Å². The normalized spacial score (nSPS) is 11.7. The molecule has 0 radical (unpaired) electrons. The van der Waals surface area contributed by atoms with Gasteiger partial charge in [-0.15, -0.1) is 0 Å². The number of hydrogen-bond donors (Lipinski definition) is 0. The summed E-state index contributed by atoms with van der Waals surface area (Å²) in [4.78, 5) is 11.8. The highest BCUT2D eigenvalue weighted by molar-refractivity contribution is 7.89. The summed E-state index contributed by atoms with van der Waals surface area (Å²) in [6.45, 7) is 0.194. The number of fused-ring (bicyclic) bond motifs is 1. The molecule has 7 heteroatoms. The Labute approximate surface area is 163 Å². The Morgan fingerprint density at radius 1 is 1.07 bits per heavy atom. The lowest BCUT2D eigenvalue weighted by atomic mass is 10.0. The van der Waals surface area contributed by atoms with Crippen molar-refractivity contribution in [2.24, 2.45) is 0 Å². The van der Waals surface area contributed by atoms with E-state index in [-0.39, 0.29) is 22.0 Å². The Hall–Kier alpha value is -2.41. The Bertz CT molecular complexity index is 1110. The van der Waals surface area contributed by atoms with Gasteiger partial charge in [-0.05, 0) is 34.5 Å². The average molecular weight is 404 g/mol. The zero-order chi connectivity index (χ0) is 19.6. The molecular weight excluding hydrogens is 386 g/mol. The fourth-order valence-corrected chi connectivity index (χ4v) is 4.24. The van der Waals surface area contributed by atoms with Crippen molar-refractivity contribution in [1.82, 2.24) is 4.31 Å². The lowest BCUT2D eigenvalue weighted by Crippen LogP contribution is -2.26. The fraction of sp³-hybridized carbons (Fsp3) is 0.150. The molecule has 0 N–H and O–H groups in total. The van der Waals surface area contributed by atoms with Gasteiger partial charge in [0.05, 0.1) is 22.6 Å². The highest BCUT2D eigenvalue weighted by Gasteiger charge is 2.24. The molecule has 0 heterocycles. The summed E-state index contributed by atoms with van der Waals surface area (Å²) in [5.74, 6) is -0.686. The van der Waals surface area contributed by atoms with Gasteiger partial charge in [0.25, 0.3) is 0 Å². The van der Waals surface area contributed by atoms with Crippen LogP contribution < -0.4 is 0 Å². The van der Waals surface area contributed by atoms with Crippen molar-refractivity contribution in [3.63, 3.8) is 0 Å². The Kier molecular flexibility index (Phi) is 5.51. The van der Waals surface area contributed by atoms with Crippen LogP contribution in [-0.2, 0) is 21.3 Å². The van der Waals surface area contributed by atoms with Crippen molar-refractivity contribution < 1.29 is 17.9 Å². The minimum absolute atomic E-state index is 0.0128. The van der Waals surface area contributed by atoms with Crippen LogP contribution in [0.5, 0.6) is 0 Å². The van der Waals surface area contributed by atoms with Crippen molar-refractivity contribution >= 4 is 38.4 Å². The van der Waals surface area contributed by atoms with Gasteiger partial charge in [-0.3, -0.25) is 0 Å². The summed E-state index contributed by atoms with van der Waals surface area (Å²) >= 11 is 5.99. The number of hydrogen-bond acceptors (Lipinski definition) is 4. The van der Waals surface area contributed by atoms with Gasteiger partial charge in [0.2, 0.25) is 10.0 Å². The molecule has 0 atom stereocenters. The van der Waals surface area contributed by atoms with Gasteiger partial charge in [-0.1, -0.05) is 54.1 Å². The quantitative estimate of drug-likeness (QED) is 0.601. The van der Waals surface area contributed by atoms with Crippen LogP contribution in [-0.4, -0.2) is 32.8 Å². The molecule has 0 aliphatic heterocycles. The topological polar surface area (TPSA) is 63.7 Å². The second kappa shape index (κ2) is 7.68. The van der Waals surface area contributed by atoms with Gasteiger partial charge >= 0.3 is 5.97 Å². The van der Waals surface area contributed by atoms with Gasteiger partial charge in [0.1, 0.15) is 0 Å². The highest BCUT2D eigenvalue weighted by Crippen LogP contribution is 2.25. The molecule has 0 aliphatic rings. The van der Waals surface area contributed by atoms with Crippen molar-refractivity contribution in [2.45, 2.75) is 11.4 Å². The molecule has 0 unspecified atom stereocenters. The number of nitrogens with zero attached hydrogens (tertiary/aromatic N) is 1. The molecule has 5 nitrogen and oxygen atoms in total. The largest absolute Gasteiger partial charge is 0.465 e. The highest BCUT2D eigenvalue weighted by atomic mass is 35.5. The Morgan fingerprint density at radius 2 is 1.78 bits per heavy atom. The summed E-state index contributed by atoms with van der Waals surface area (Å²) in [5.41, 5.74) is 0.903. The first-order chi connectivity index (χ1) is 12.8. The standard InChI is InChI=1S/C20H18ClNO4S/c1-22(13-15-8-5-7-14-6-3-4-9-17(14)15)27(24,25)16-10-11-19(21)18(12-16)20(23)26-2/h3-12H,13H2,1-2H3. The Balaban J connectivity index is 1.96. The molecule has 0 saturated heterocycles. The molecule has 0 bridgehead atoms. The number of methoxy groups -OCH3 is 1. The molecule has 0 aliphatic carbocycles. The molecule has 0 fully saturated rings. The van der Waals surface area contributed by atoms with E-state index in [1.54, 1.807) is 0 Å². The number of carbonyl (C=O) groups is 1. The Morgan fingerprint density at radius 3 is 2.52 bits per heavy atom. The predicted octanol–water partition coefficient (Wildman–Crippen LogP) is 4.10. The summed E-state index contributed by atoms with van der Waals surface area (Å²) in [7, 11) is -1.10. The third-order valence-corrected chi connectivity index (χ3v) is 6.45. The van der Waals surface area contributed by atoms with Crippen LogP contribution in [0.4, 0.5) is 0 Å². The summed E-state index contributed by atoms with van der Waals surface area (Å²) in [6, 6.07) is 17.6. The molecule has 0 saturated carbocycles. The number of halogens is 1. The third-order valence-electron chi connectivity index (χ3n) is 4.32. The molecule has 0 spiro atoms. The van der Waals surface area contributed by atoms with Crippen molar-refractivity contribution in [1.29, 1.82) is 0 Å². The fourth-order valence-electron chi connectivity index (χ4n) is 2.87. The molecule has 0 amide bonds. The predicted molar refractivity (Wildman–Crippen MR) is 105 cm³/mol. The first kappa shape index (κ1) is 19.4. The minimum atomic E-state index is -3.82. The molecular formula is C20H18ClNO4S. The maximum atomic E-state index is 13.0. The lowest BCUT2D eigenvalue weighted by molar-refractivity contribution is 0.0600. The van der Waals surface area contributed by atoms with E-state index in [4.69, 9.17) is 11.6 Å². The van der Waals surface area contributed by atoms with Crippen LogP contribution >= 0.6 is 11.6 Å². The van der Waals surface area contributed by atoms with Crippen LogP contribution in [0.2, 0.25) is 5.02 Å². The number of sulfonamides is 1. The molecule has 140 valence electrons. The van der Waals surface area contributed by atoms with E-state index in [9.17, 15) is 13.2 Å². The summed E-state index contributed by atoms with van der Waals surface area (Å²) in [5, 5.41) is 2.17. The van der Waals surface area contributed by atoms with Crippen LogP contribution in [0.25, 0.3) is 10.8 Å². The second-order valence-corrected chi connectivity index (χ2v) is 8.48. The summed E-state index contributed by atoms with van der Waals surface area (Å²) < 4.78 is 31.9. The monoisotopic (exact) mass is 403 g/mol. The molecule has 0 aromatic heterocycles. The van der Waals surface area contributed by atoms with Crippen molar-refractivity contribution in [3.05, 3.63) is 76.8 Å². The number of rotatable bonds is 5. The van der Waals surface area contributed by atoms with Gasteiger partial charge < -0.3 is 4.74 Å². The number of esters is 1. The van der Waals surface area contributed by atoms with Gasteiger partial charge in [-0.2, -0.15) is 4.31 Å². The van der Waals surface area contributed by atoms with Crippen LogP contribution in [0, 0.1) is 0 Å². The van der Waals surface area contributed by atoms with E-state index in [2.05, 4.69) is 4.74 Å². The van der Waals surface area contributed by atoms with Gasteiger partial charge in [0, 0.05) is 13.6 Å². The molecule has 3 rings (SSSR count). The van der Waals surface area contributed by atoms with E-state index in [0.717, 1.165) is 16.3 Å². The third kappa shape index (κ3) is 3.83. The zero-order valence-corrected chi connectivity index (χ0v) is 16.4. The number of ether oxygens (including phenoxy) is 1. The molecule has 3 aromatic rings. The van der Waals surface area contributed by atoms with Crippen molar-refractivity contribution in [2.75, 3.05) is 14.2 Å². The van der Waals surface area contributed by atoms with E-state index >= 15 is 0 Å². The summed E-state index contributed by atoms with van der Waals surface area (Å²) in [6.07, 6.45) is 0. The first-order valence-electron chi connectivity index (χ1n) is 8.15. The average Bonchev–Trinajstić information content (AvgIpc) is 2.67. The lowest BCUT2D eigenvalue weighted by Gasteiger charge is -2.19.